The second-order valence-electron chi connectivity index (χ2n) is 13.7. The maximum Gasteiger partial charge on any atom is 0.469 e. The largest absolute Gasteiger partial charge is 0.469 e. The van der Waals surface area contributed by atoms with E-state index >= 15 is 0 Å². The fourth-order valence-electron chi connectivity index (χ4n) is 6.78. The number of anilines is 2. The van der Waals surface area contributed by atoms with Crippen LogP contribution in [-0.4, -0.2) is 110 Å². The van der Waals surface area contributed by atoms with Crippen molar-refractivity contribution in [3.05, 3.63) is 81.5 Å². The Kier molecular flexibility index (Phi) is 14.5. The highest BCUT2D eigenvalue weighted by molar-refractivity contribution is 14.1. The number of esters is 1. The van der Waals surface area contributed by atoms with Crippen LogP contribution in [0.2, 0.25) is 0 Å². The van der Waals surface area contributed by atoms with Gasteiger partial charge in [-0.3, -0.25) is 23.0 Å². The monoisotopic (exact) mass is 989 g/mol. The Morgan fingerprint density at radius 1 is 1.08 bits per heavy atom. The number of hydrogen-bond acceptors (Lipinski definition) is 17. The van der Waals surface area contributed by atoms with Gasteiger partial charge >= 0.3 is 27.1 Å². The molecule has 4 aromatic rings. The summed E-state index contributed by atoms with van der Waals surface area (Å²) >= 11 is 2.09. The number of nitrogens with one attached hydrogen (secondary N) is 1. The molecule has 2 aliphatic heterocycles. The number of nitrogen functional groups attached to an aromatic ring is 2. The zero-order valence-electron chi connectivity index (χ0n) is 31.5. The van der Waals surface area contributed by atoms with Crippen LogP contribution in [0, 0.1) is 3.57 Å². The van der Waals surface area contributed by atoms with E-state index in [2.05, 4.69) is 58.9 Å². The molecule has 2 aliphatic rings. The Morgan fingerprint density at radius 3 is 2.57 bits per heavy atom. The number of aromatic nitrogens is 6. The first-order valence-corrected chi connectivity index (χ1v) is 22.5. The standard InChI is InChI=1S/C34H42IN9O14P2/c1-2-3-8-25(45)41-20(13-18-6-4-5-7-19(18)35)33(47)58-29-22(57-32(28(29)46)44-17-40-27-30(37)38-16-39-31(27)44)15-55-59(49,50)23-14-26(43-11-9-24(36)42-34(43)48)56-21(23)10-12-54-60(51,52)53/h2,4-7,9,11,16-17,20-23,26,28-29,32,46H,1,3,8,10,12-15H2,(H,41,45)(H,49,50)(H2,36,42,48)(H2,37,38,39)(H2,51,52,53)/t20-,21+,22+,23-,26+,28+,29+,32+/m0/s1. The third-order valence-electron chi connectivity index (χ3n) is 9.67. The number of ether oxygens (including phenoxy) is 3. The average molecular weight is 990 g/mol. The van der Waals surface area contributed by atoms with Gasteiger partial charge in [0.25, 0.3) is 0 Å². The number of fused-ring (bicyclic) bond motifs is 1. The van der Waals surface area contributed by atoms with Gasteiger partial charge < -0.3 is 55.3 Å². The van der Waals surface area contributed by atoms with Gasteiger partial charge in [0.05, 0.1) is 31.3 Å². The molecule has 23 nitrogen and oxygen atoms in total. The molecule has 9 N–H and O–H groups in total. The van der Waals surface area contributed by atoms with Gasteiger partial charge in [0, 0.05) is 29.0 Å². The van der Waals surface area contributed by atoms with Gasteiger partial charge in [0.2, 0.25) is 5.91 Å². The van der Waals surface area contributed by atoms with Crippen molar-refractivity contribution in [1.29, 1.82) is 0 Å². The number of amides is 1. The number of aliphatic hydroxyl groups excluding tert-OH is 1. The number of nitrogens with two attached hydrogens (primary N) is 2. The van der Waals surface area contributed by atoms with E-state index in [1.165, 1.54) is 23.2 Å². The van der Waals surface area contributed by atoms with Crippen LogP contribution in [0.1, 0.15) is 43.7 Å². The molecule has 5 heterocycles. The molecule has 0 aliphatic carbocycles. The summed E-state index contributed by atoms with van der Waals surface area (Å²) in [5, 5.41) is 14.5. The highest BCUT2D eigenvalue weighted by Gasteiger charge is 2.52. The van der Waals surface area contributed by atoms with E-state index in [9.17, 15) is 43.3 Å². The van der Waals surface area contributed by atoms with Crippen molar-refractivity contribution in [1.82, 2.24) is 34.4 Å². The quantitative estimate of drug-likeness (QED) is 0.0317. The van der Waals surface area contributed by atoms with Crippen molar-refractivity contribution in [2.75, 3.05) is 24.7 Å². The van der Waals surface area contributed by atoms with Crippen molar-refractivity contribution in [3.63, 3.8) is 0 Å². The summed E-state index contributed by atoms with van der Waals surface area (Å²) in [5.74, 6) is -1.50. The molecule has 1 amide bonds. The SMILES string of the molecule is C=CCCC(=O)N[C@@H](Cc1ccccc1I)C(=O)O[C@H]1[C@@H](O)[C@H](n2cnc3c(N)ncnc32)O[C@@H]1COP(=O)(O)[C@H]1C[C@H](n2ccc(N)nc2=O)O[C@@H]1CCOP(=O)(O)O. The van der Waals surface area contributed by atoms with Gasteiger partial charge in [-0.05, 0) is 53.1 Å². The minimum atomic E-state index is -4.94. The number of aliphatic hydroxyl groups is 1. The van der Waals surface area contributed by atoms with Crippen molar-refractivity contribution >= 4 is 72.7 Å². The summed E-state index contributed by atoms with van der Waals surface area (Å²) in [6.07, 6.45) is -3.61. The van der Waals surface area contributed by atoms with E-state index < -0.39 is 94.8 Å². The Balaban J connectivity index is 1.28. The van der Waals surface area contributed by atoms with Crippen LogP contribution in [0.25, 0.3) is 11.2 Å². The number of halogens is 1. The number of rotatable bonds is 18. The summed E-state index contributed by atoms with van der Waals surface area (Å²) in [7, 11) is -9.82. The lowest BCUT2D eigenvalue weighted by atomic mass is 10.0. The molecule has 9 atom stereocenters. The van der Waals surface area contributed by atoms with Gasteiger partial charge in [-0.2, -0.15) is 4.98 Å². The van der Waals surface area contributed by atoms with Gasteiger partial charge in [0.1, 0.15) is 42.1 Å². The summed E-state index contributed by atoms with van der Waals surface area (Å²) in [6.45, 7) is 2.23. The normalized spacial score (nSPS) is 24.5. The molecule has 0 spiro atoms. The lowest BCUT2D eigenvalue weighted by Crippen LogP contribution is -2.47. The number of hydrogen-bond donors (Lipinski definition) is 7. The van der Waals surface area contributed by atoms with E-state index in [4.69, 9.17) is 30.2 Å². The second-order valence-corrected chi connectivity index (χ2v) is 18.2. The first-order valence-electron chi connectivity index (χ1n) is 18.2. The Bertz CT molecular complexity index is 2360. The minimum absolute atomic E-state index is 0.00280. The van der Waals surface area contributed by atoms with Crippen LogP contribution in [0.15, 0.2) is 66.6 Å². The molecular formula is C34H42IN9O14P2. The third kappa shape index (κ3) is 10.8. The number of phosphoric acid groups is 1. The molecule has 26 heteroatoms. The number of benzene rings is 1. The molecule has 0 saturated carbocycles. The molecule has 324 valence electrons. The summed E-state index contributed by atoms with van der Waals surface area (Å²) in [5.41, 5.74) is 10.4. The summed E-state index contributed by atoms with van der Waals surface area (Å²) in [4.78, 5) is 85.5. The number of carbonyl (C=O) groups is 2. The van der Waals surface area contributed by atoms with Gasteiger partial charge in [-0.25, -0.2) is 29.1 Å². The van der Waals surface area contributed by atoms with E-state index in [1.807, 2.05) is 12.1 Å². The zero-order chi connectivity index (χ0) is 43.4. The number of phosphoric ester groups is 1. The molecule has 2 saturated heterocycles. The summed E-state index contributed by atoms with van der Waals surface area (Å²) < 4.78 is 56.9. The Morgan fingerprint density at radius 2 is 1.85 bits per heavy atom. The predicted octanol–water partition coefficient (Wildman–Crippen LogP) is 1.07. The summed E-state index contributed by atoms with van der Waals surface area (Å²) in [6, 6.07) is 7.22. The van der Waals surface area contributed by atoms with Gasteiger partial charge in [-0.1, -0.05) is 24.3 Å². The molecule has 0 bridgehead atoms. The molecule has 6 rings (SSSR count). The number of nitrogens with zero attached hydrogens (tertiary/aromatic N) is 6. The maximum atomic E-state index is 14.2. The lowest BCUT2D eigenvalue weighted by Gasteiger charge is -2.27. The van der Waals surface area contributed by atoms with Crippen LogP contribution in [0.5, 0.6) is 0 Å². The fourth-order valence-corrected chi connectivity index (χ4v) is 9.37. The molecule has 3 aromatic heterocycles. The van der Waals surface area contributed by atoms with Gasteiger partial charge in [0.15, 0.2) is 23.8 Å². The minimum Gasteiger partial charge on any atom is -0.455 e. The van der Waals surface area contributed by atoms with Crippen molar-refractivity contribution in [2.24, 2.45) is 0 Å². The van der Waals surface area contributed by atoms with Crippen LogP contribution in [0.3, 0.4) is 0 Å². The highest BCUT2D eigenvalue weighted by atomic mass is 127. The Hall–Kier alpha value is -4.20. The Labute approximate surface area is 354 Å². The van der Waals surface area contributed by atoms with E-state index in [0.29, 0.717) is 12.0 Å². The van der Waals surface area contributed by atoms with E-state index in [1.54, 1.807) is 18.2 Å². The van der Waals surface area contributed by atoms with Crippen LogP contribution in [0.4, 0.5) is 11.6 Å². The first kappa shape index (κ1) is 45.3. The highest BCUT2D eigenvalue weighted by Crippen LogP contribution is 2.57. The first-order chi connectivity index (χ1) is 28.5. The third-order valence-corrected chi connectivity index (χ3v) is 13.1. The predicted molar refractivity (Wildman–Crippen MR) is 217 cm³/mol. The van der Waals surface area contributed by atoms with E-state index in [-0.39, 0.29) is 48.5 Å². The van der Waals surface area contributed by atoms with E-state index in [0.717, 1.165) is 14.5 Å². The number of carbonyl (C=O) groups excluding carboxylic acids is 2. The van der Waals surface area contributed by atoms with Crippen molar-refractivity contribution < 1.29 is 61.8 Å². The molecule has 0 radical (unpaired) electrons. The zero-order valence-corrected chi connectivity index (χ0v) is 35.4. The van der Waals surface area contributed by atoms with Crippen molar-refractivity contribution in [3.8, 4) is 0 Å². The smallest absolute Gasteiger partial charge is 0.455 e. The van der Waals surface area contributed by atoms with Crippen LogP contribution in [-0.2, 0) is 48.4 Å². The van der Waals surface area contributed by atoms with Gasteiger partial charge in [-0.15, -0.1) is 6.58 Å². The number of imidazole rings is 1. The topological polar surface area (TPSA) is 338 Å². The number of allylic oxidation sites excluding steroid dienone is 1. The maximum absolute atomic E-state index is 14.2. The molecule has 1 aromatic carbocycles. The molecular weight excluding hydrogens is 947 g/mol. The average Bonchev–Trinajstić information content (AvgIpc) is 3.90. The fraction of sp³-hybridized carbons (Fsp3) is 0.441. The molecule has 1 unspecified atom stereocenters. The molecule has 60 heavy (non-hydrogen) atoms. The van der Waals surface area contributed by atoms with Crippen molar-refractivity contribution in [2.45, 2.75) is 80.7 Å². The second kappa shape index (κ2) is 19.2. The van der Waals surface area contributed by atoms with Crippen LogP contribution < -0.4 is 22.5 Å². The molecule has 2 fully saturated rings. The van der Waals surface area contributed by atoms with Crippen LogP contribution >= 0.6 is 38.0 Å². The lowest BCUT2D eigenvalue weighted by molar-refractivity contribution is -0.160.